The van der Waals surface area contributed by atoms with Gasteiger partial charge in [0.1, 0.15) is 0 Å². The minimum absolute atomic E-state index is 0.0935. The van der Waals surface area contributed by atoms with Crippen LogP contribution in [0.15, 0.2) is 30.5 Å². The van der Waals surface area contributed by atoms with Gasteiger partial charge in [-0.05, 0) is 24.1 Å². The van der Waals surface area contributed by atoms with Gasteiger partial charge in [0.05, 0.1) is 17.9 Å². The summed E-state index contributed by atoms with van der Waals surface area (Å²) >= 11 is 0.974. The number of carbonyl (C=O) groups excluding carboxylic acids is 1. The van der Waals surface area contributed by atoms with E-state index in [9.17, 15) is 9.59 Å². The third-order valence-electron chi connectivity index (χ3n) is 2.43. The Morgan fingerprint density at radius 2 is 2.00 bits per heavy atom. The standard InChI is InChI=1S/C12H11N3O3S/c16-11(17)6-3-8-1-4-9(5-2-8)14-12(18)10-7-13-19-15-10/h1-2,4-5,7H,3,6H2,(H,14,18)(H,16,17). The molecule has 0 atom stereocenters. The molecule has 1 aromatic carbocycles. The number of aromatic nitrogens is 2. The number of carboxylic acid groups (broad SMARTS) is 1. The summed E-state index contributed by atoms with van der Waals surface area (Å²) in [6.07, 6.45) is 1.97. The molecule has 19 heavy (non-hydrogen) atoms. The maximum absolute atomic E-state index is 11.7. The third kappa shape index (κ3) is 3.85. The molecule has 0 bridgehead atoms. The number of nitrogens with zero attached hydrogens (tertiary/aromatic N) is 2. The lowest BCUT2D eigenvalue weighted by Gasteiger charge is -2.04. The molecule has 0 aliphatic heterocycles. The molecule has 1 amide bonds. The molecule has 0 spiro atoms. The summed E-state index contributed by atoms with van der Waals surface area (Å²) < 4.78 is 7.59. The molecular weight excluding hydrogens is 266 g/mol. The number of aryl methyl sites for hydroxylation is 1. The van der Waals surface area contributed by atoms with Gasteiger partial charge in [-0.2, -0.15) is 8.75 Å². The first-order valence-electron chi connectivity index (χ1n) is 5.55. The van der Waals surface area contributed by atoms with Crippen LogP contribution in [0.3, 0.4) is 0 Å². The summed E-state index contributed by atoms with van der Waals surface area (Å²) in [4.78, 5) is 22.1. The van der Waals surface area contributed by atoms with Crippen LogP contribution in [-0.4, -0.2) is 25.7 Å². The quantitative estimate of drug-likeness (QED) is 0.869. The Bertz CT molecular complexity index is 566. The molecular formula is C12H11N3O3S. The van der Waals surface area contributed by atoms with Crippen molar-refractivity contribution in [2.45, 2.75) is 12.8 Å². The first-order chi connectivity index (χ1) is 9.15. The zero-order valence-electron chi connectivity index (χ0n) is 9.87. The Labute approximate surface area is 113 Å². The number of anilines is 1. The van der Waals surface area contributed by atoms with Gasteiger partial charge in [-0.15, -0.1) is 0 Å². The fraction of sp³-hybridized carbons (Fsp3) is 0.167. The Kier molecular flexibility index (Phi) is 4.19. The predicted molar refractivity (Wildman–Crippen MR) is 70.3 cm³/mol. The highest BCUT2D eigenvalue weighted by Gasteiger charge is 2.08. The number of hydrogen-bond donors (Lipinski definition) is 2. The molecule has 6 nitrogen and oxygen atoms in total. The van der Waals surface area contributed by atoms with Crippen LogP contribution in [0.1, 0.15) is 22.5 Å². The second-order valence-electron chi connectivity index (χ2n) is 3.84. The fourth-order valence-corrected chi connectivity index (χ4v) is 1.88. The number of nitrogens with one attached hydrogen (secondary N) is 1. The van der Waals surface area contributed by atoms with Crippen molar-refractivity contribution in [2.75, 3.05) is 5.32 Å². The Morgan fingerprint density at radius 3 is 2.58 bits per heavy atom. The van der Waals surface area contributed by atoms with Crippen molar-refractivity contribution < 1.29 is 14.7 Å². The SMILES string of the molecule is O=C(O)CCc1ccc(NC(=O)c2cnsn2)cc1. The summed E-state index contributed by atoms with van der Waals surface area (Å²) in [5, 5.41) is 11.3. The van der Waals surface area contributed by atoms with Gasteiger partial charge in [-0.1, -0.05) is 12.1 Å². The monoisotopic (exact) mass is 277 g/mol. The van der Waals surface area contributed by atoms with Crippen LogP contribution in [-0.2, 0) is 11.2 Å². The van der Waals surface area contributed by atoms with E-state index in [1.54, 1.807) is 24.3 Å². The predicted octanol–water partition coefficient (Wildman–Crippen LogP) is 1.81. The molecule has 98 valence electrons. The Balaban J connectivity index is 1.95. The van der Waals surface area contributed by atoms with Gasteiger partial charge < -0.3 is 10.4 Å². The van der Waals surface area contributed by atoms with Gasteiger partial charge >= 0.3 is 5.97 Å². The van der Waals surface area contributed by atoms with Crippen molar-refractivity contribution >= 4 is 29.3 Å². The van der Waals surface area contributed by atoms with E-state index in [4.69, 9.17) is 5.11 Å². The number of benzene rings is 1. The van der Waals surface area contributed by atoms with Crippen LogP contribution in [0.5, 0.6) is 0 Å². The van der Waals surface area contributed by atoms with Crippen molar-refractivity contribution in [1.29, 1.82) is 0 Å². The van der Waals surface area contributed by atoms with Crippen molar-refractivity contribution in [3.05, 3.63) is 41.7 Å². The molecule has 1 heterocycles. The molecule has 1 aromatic heterocycles. The van der Waals surface area contributed by atoms with Gasteiger partial charge in [0, 0.05) is 12.1 Å². The third-order valence-corrected chi connectivity index (χ3v) is 2.91. The molecule has 2 rings (SSSR count). The van der Waals surface area contributed by atoms with Crippen LogP contribution in [0, 0.1) is 0 Å². The van der Waals surface area contributed by atoms with E-state index in [-0.39, 0.29) is 18.0 Å². The molecule has 0 unspecified atom stereocenters. The summed E-state index contributed by atoms with van der Waals surface area (Å²) in [5.41, 5.74) is 1.83. The lowest BCUT2D eigenvalue weighted by atomic mass is 10.1. The average Bonchev–Trinajstić information content (AvgIpc) is 2.92. The lowest BCUT2D eigenvalue weighted by Crippen LogP contribution is -2.12. The zero-order chi connectivity index (χ0) is 13.7. The molecule has 0 aliphatic rings. The topological polar surface area (TPSA) is 92.2 Å². The number of rotatable bonds is 5. The molecule has 0 radical (unpaired) electrons. The first-order valence-corrected chi connectivity index (χ1v) is 6.28. The summed E-state index contributed by atoms with van der Waals surface area (Å²) in [6, 6.07) is 7.04. The zero-order valence-corrected chi connectivity index (χ0v) is 10.7. The number of hydrogen-bond acceptors (Lipinski definition) is 5. The van der Waals surface area contributed by atoms with E-state index in [0.717, 1.165) is 17.3 Å². The van der Waals surface area contributed by atoms with E-state index in [0.29, 0.717) is 12.1 Å². The first kappa shape index (κ1) is 13.2. The van der Waals surface area contributed by atoms with Crippen LogP contribution in [0.25, 0.3) is 0 Å². The molecule has 0 fully saturated rings. The molecule has 0 saturated carbocycles. The summed E-state index contributed by atoms with van der Waals surface area (Å²) in [5.74, 6) is -1.14. The van der Waals surface area contributed by atoms with Gasteiger partial charge in [-0.3, -0.25) is 9.59 Å². The Morgan fingerprint density at radius 1 is 1.26 bits per heavy atom. The number of carbonyl (C=O) groups is 2. The minimum atomic E-state index is -0.826. The molecule has 2 aromatic rings. The molecule has 2 N–H and O–H groups in total. The van der Waals surface area contributed by atoms with Crippen LogP contribution in [0.4, 0.5) is 5.69 Å². The highest BCUT2D eigenvalue weighted by atomic mass is 32.1. The molecule has 0 saturated heterocycles. The van der Waals surface area contributed by atoms with E-state index >= 15 is 0 Å². The number of aliphatic carboxylic acids is 1. The van der Waals surface area contributed by atoms with E-state index < -0.39 is 5.97 Å². The lowest BCUT2D eigenvalue weighted by molar-refractivity contribution is -0.136. The highest BCUT2D eigenvalue weighted by Crippen LogP contribution is 2.12. The highest BCUT2D eigenvalue weighted by molar-refractivity contribution is 6.99. The van der Waals surface area contributed by atoms with E-state index in [1.165, 1.54) is 6.20 Å². The minimum Gasteiger partial charge on any atom is -0.481 e. The van der Waals surface area contributed by atoms with Crippen molar-refractivity contribution in [3.63, 3.8) is 0 Å². The van der Waals surface area contributed by atoms with Gasteiger partial charge in [0.15, 0.2) is 5.69 Å². The fourth-order valence-electron chi connectivity index (χ4n) is 1.47. The maximum Gasteiger partial charge on any atom is 0.303 e. The average molecular weight is 277 g/mol. The summed E-state index contributed by atoms with van der Waals surface area (Å²) in [6.45, 7) is 0. The van der Waals surface area contributed by atoms with E-state index in [1.807, 2.05) is 0 Å². The molecule has 0 aliphatic carbocycles. The van der Waals surface area contributed by atoms with Crippen LogP contribution < -0.4 is 5.32 Å². The van der Waals surface area contributed by atoms with Crippen molar-refractivity contribution in [1.82, 2.24) is 8.75 Å². The normalized spacial score (nSPS) is 10.1. The maximum atomic E-state index is 11.7. The second kappa shape index (κ2) is 6.05. The number of amides is 1. The van der Waals surface area contributed by atoms with Gasteiger partial charge in [0.2, 0.25) is 0 Å². The number of carboxylic acids is 1. The summed E-state index contributed by atoms with van der Waals surface area (Å²) in [7, 11) is 0. The van der Waals surface area contributed by atoms with Crippen molar-refractivity contribution in [2.24, 2.45) is 0 Å². The van der Waals surface area contributed by atoms with Crippen LogP contribution in [0.2, 0.25) is 0 Å². The van der Waals surface area contributed by atoms with Gasteiger partial charge in [0.25, 0.3) is 5.91 Å². The van der Waals surface area contributed by atoms with Crippen LogP contribution >= 0.6 is 11.7 Å². The largest absolute Gasteiger partial charge is 0.481 e. The van der Waals surface area contributed by atoms with E-state index in [2.05, 4.69) is 14.1 Å². The smallest absolute Gasteiger partial charge is 0.303 e. The van der Waals surface area contributed by atoms with Gasteiger partial charge in [-0.25, -0.2) is 0 Å². The molecule has 7 heteroatoms. The van der Waals surface area contributed by atoms with Crippen molar-refractivity contribution in [3.8, 4) is 0 Å². The second-order valence-corrected chi connectivity index (χ2v) is 4.39. The Hall–Kier alpha value is -2.28.